The number of carbonyl (C=O) groups is 1. The molecule has 0 aliphatic heterocycles. The first-order valence-corrected chi connectivity index (χ1v) is 12.2. The molecule has 0 fully saturated rings. The normalized spacial score (nSPS) is 11.3. The molecule has 0 aliphatic rings. The molecule has 7 nitrogen and oxygen atoms in total. The van der Waals surface area contributed by atoms with Crippen LogP contribution in [0.2, 0.25) is 5.02 Å². The number of rotatable bonds is 6. The molecular weight excluding hydrogens is 452 g/mol. The van der Waals surface area contributed by atoms with Crippen LogP contribution in [0.3, 0.4) is 0 Å². The molecule has 0 spiro atoms. The Labute approximate surface area is 182 Å². The van der Waals surface area contributed by atoms with Crippen molar-refractivity contribution in [2.45, 2.75) is 23.1 Å². The van der Waals surface area contributed by atoms with E-state index in [-0.39, 0.29) is 15.5 Å². The standard InChI is InChI=1S/C18H17ClN4O3S3/c1-10-5-4-6-14(11(10)2)23-29(25,26)15-9-12(7-8-13(15)19)16(24)20-17-21-22-18(27-3)28-17/h4-9,23H,1-3H3,(H,20,21,24). The van der Waals surface area contributed by atoms with Gasteiger partial charge < -0.3 is 0 Å². The van der Waals surface area contributed by atoms with Gasteiger partial charge in [0, 0.05) is 5.56 Å². The Morgan fingerprint density at radius 2 is 1.93 bits per heavy atom. The predicted molar refractivity (Wildman–Crippen MR) is 118 cm³/mol. The van der Waals surface area contributed by atoms with Crippen LogP contribution in [-0.2, 0) is 10.0 Å². The highest BCUT2D eigenvalue weighted by Gasteiger charge is 2.22. The lowest BCUT2D eigenvalue weighted by Gasteiger charge is -2.13. The summed E-state index contributed by atoms with van der Waals surface area (Å²) < 4.78 is 29.1. The summed E-state index contributed by atoms with van der Waals surface area (Å²) in [5, 5.41) is 10.7. The van der Waals surface area contributed by atoms with Crippen molar-refractivity contribution in [1.29, 1.82) is 0 Å². The number of hydrogen-bond donors (Lipinski definition) is 2. The molecule has 0 radical (unpaired) electrons. The molecule has 3 rings (SSSR count). The molecule has 1 heterocycles. The minimum Gasteiger partial charge on any atom is -0.296 e. The second-order valence-electron chi connectivity index (χ2n) is 6.03. The third kappa shape index (κ3) is 4.89. The SMILES string of the molecule is CSc1nnc(NC(=O)c2ccc(Cl)c(S(=O)(=O)Nc3cccc(C)c3C)c2)s1. The van der Waals surface area contributed by atoms with Crippen LogP contribution in [-0.4, -0.2) is 30.8 Å². The van der Waals surface area contributed by atoms with Crippen LogP contribution in [0.25, 0.3) is 0 Å². The average molecular weight is 469 g/mol. The van der Waals surface area contributed by atoms with E-state index in [4.69, 9.17) is 11.6 Å². The van der Waals surface area contributed by atoms with Crippen molar-refractivity contribution in [2.24, 2.45) is 0 Å². The van der Waals surface area contributed by atoms with Crippen molar-refractivity contribution >= 4 is 61.4 Å². The molecule has 0 aliphatic carbocycles. The van der Waals surface area contributed by atoms with E-state index >= 15 is 0 Å². The zero-order chi connectivity index (χ0) is 21.2. The van der Waals surface area contributed by atoms with Gasteiger partial charge in [0.25, 0.3) is 15.9 Å². The predicted octanol–water partition coefficient (Wildman–Crippen LogP) is 4.58. The van der Waals surface area contributed by atoms with Gasteiger partial charge in [0.05, 0.1) is 10.7 Å². The third-order valence-corrected chi connectivity index (χ3v) is 7.79. The molecule has 1 aromatic heterocycles. The summed E-state index contributed by atoms with van der Waals surface area (Å²) >= 11 is 8.77. The van der Waals surface area contributed by atoms with Crippen molar-refractivity contribution in [1.82, 2.24) is 10.2 Å². The van der Waals surface area contributed by atoms with Crippen molar-refractivity contribution in [3.8, 4) is 0 Å². The molecule has 0 saturated heterocycles. The van der Waals surface area contributed by atoms with E-state index in [1.54, 1.807) is 12.1 Å². The topological polar surface area (TPSA) is 101 Å². The Morgan fingerprint density at radius 3 is 2.62 bits per heavy atom. The number of benzene rings is 2. The molecule has 0 saturated carbocycles. The Kier molecular flexibility index (Phi) is 6.47. The molecule has 0 unspecified atom stereocenters. The maximum atomic E-state index is 12.9. The fourth-order valence-corrected chi connectivity index (χ4v) is 5.24. The van der Waals surface area contributed by atoms with Crippen molar-refractivity contribution < 1.29 is 13.2 Å². The van der Waals surface area contributed by atoms with Crippen LogP contribution in [0.5, 0.6) is 0 Å². The third-order valence-electron chi connectivity index (χ3n) is 4.13. The van der Waals surface area contributed by atoms with E-state index in [0.717, 1.165) is 11.1 Å². The highest BCUT2D eigenvalue weighted by atomic mass is 35.5. The van der Waals surface area contributed by atoms with Crippen LogP contribution in [0.15, 0.2) is 45.6 Å². The average Bonchev–Trinajstić information content (AvgIpc) is 3.13. The quantitative estimate of drug-likeness (QED) is 0.405. The first kappa shape index (κ1) is 21.6. The Balaban J connectivity index is 1.89. The smallest absolute Gasteiger partial charge is 0.263 e. The van der Waals surface area contributed by atoms with Gasteiger partial charge in [-0.2, -0.15) is 0 Å². The van der Waals surface area contributed by atoms with Crippen molar-refractivity contribution in [3.63, 3.8) is 0 Å². The lowest BCUT2D eigenvalue weighted by Crippen LogP contribution is -2.17. The van der Waals surface area contributed by atoms with E-state index < -0.39 is 15.9 Å². The number of aryl methyl sites for hydroxylation is 1. The lowest BCUT2D eigenvalue weighted by molar-refractivity contribution is 0.102. The second-order valence-corrected chi connectivity index (χ2v) is 10.1. The first-order valence-electron chi connectivity index (χ1n) is 8.28. The number of amides is 1. The van der Waals surface area contributed by atoms with Crippen molar-refractivity contribution in [3.05, 3.63) is 58.1 Å². The molecule has 152 valence electrons. The second kappa shape index (κ2) is 8.70. The summed E-state index contributed by atoms with van der Waals surface area (Å²) in [4.78, 5) is 12.3. The number of carbonyl (C=O) groups excluding carboxylic acids is 1. The number of aromatic nitrogens is 2. The summed E-state index contributed by atoms with van der Waals surface area (Å²) in [6.45, 7) is 3.71. The molecule has 0 bridgehead atoms. The summed E-state index contributed by atoms with van der Waals surface area (Å²) in [6, 6.07) is 9.38. The van der Waals surface area contributed by atoms with Gasteiger partial charge in [0.1, 0.15) is 4.90 Å². The number of anilines is 2. The molecule has 0 atom stereocenters. The zero-order valence-corrected chi connectivity index (χ0v) is 18.9. The highest BCUT2D eigenvalue weighted by molar-refractivity contribution is 8.00. The lowest BCUT2D eigenvalue weighted by atomic mass is 10.1. The maximum Gasteiger partial charge on any atom is 0.263 e. The number of hydrogen-bond acceptors (Lipinski definition) is 7. The maximum absolute atomic E-state index is 12.9. The fraction of sp³-hybridized carbons (Fsp3) is 0.167. The van der Waals surface area contributed by atoms with Crippen LogP contribution in [0.1, 0.15) is 21.5 Å². The summed E-state index contributed by atoms with van der Waals surface area (Å²) in [6.07, 6.45) is 1.85. The Morgan fingerprint density at radius 1 is 1.17 bits per heavy atom. The molecule has 11 heteroatoms. The molecule has 2 N–H and O–H groups in total. The Hall–Kier alpha value is -2.14. The van der Waals surface area contributed by atoms with Gasteiger partial charge in [-0.25, -0.2) is 8.42 Å². The molecule has 29 heavy (non-hydrogen) atoms. The molecule has 1 amide bonds. The molecule has 2 aromatic carbocycles. The van der Waals surface area contributed by atoms with Gasteiger partial charge in [0.15, 0.2) is 4.34 Å². The van der Waals surface area contributed by atoms with E-state index in [2.05, 4.69) is 20.2 Å². The van der Waals surface area contributed by atoms with Crippen LogP contribution >= 0.6 is 34.7 Å². The van der Waals surface area contributed by atoms with Gasteiger partial charge in [-0.3, -0.25) is 14.8 Å². The van der Waals surface area contributed by atoms with Gasteiger partial charge in [0.2, 0.25) is 5.13 Å². The number of nitrogens with one attached hydrogen (secondary N) is 2. The van der Waals surface area contributed by atoms with E-state index in [1.165, 1.54) is 41.3 Å². The largest absolute Gasteiger partial charge is 0.296 e. The number of nitrogens with zero attached hydrogens (tertiary/aromatic N) is 2. The van der Waals surface area contributed by atoms with Gasteiger partial charge in [-0.15, -0.1) is 10.2 Å². The number of sulfonamides is 1. The van der Waals surface area contributed by atoms with E-state index in [1.807, 2.05) is 26.2 Å². The fourth-order valence-electron chi connectivity index (χ4n) is 2.42. The minimum absolute atomic E-state index is 0.0138. The minimum atomic E-state index is -4.00. The summed E-state index contributed by atoms with van der Waals surface area (Å²) in [5.74, 6) is -0.506. The summed E-state index contributed by atoms with van der Waals surface area (Å²) in [7, 11) is -4.00. The van der Waals surface area contributed by atoms with E-state index in [0.29, 0.717) is 15.2 Å². The van der Waals surface area contributed by atoms with Gasteiger partial charge in [-0.05, 0) is 55.5 Å². The van der Waals surface area contributed by atoms with Crippen molar-refractivity contribution in [2.75, 3.05) is 16.3 Å². The molecular formula is C18H17ClN4O3S3. The number of thioether (sulfide) groups is 1. The van der Waals surface area contributed by atoms with Gasteiger partial charge in [-0.1, -0.05) is 46.8 Å². The Bertz CT molecular complexity index is 1180. The highest BCUT2D eigenvalue weighted by Crippen LogP contribution is 2.28. The van der Waals surface area contributed by atoms with Gasteiger partial charge >= 0.3 is 0 Å². The first-order chi connectivity index (χ1) is 13.7. The summed E-state index contributed by atoms with van der Waals surface area (Å²) in [5.41, 5.74) is 2.35. The monoisotopic (exact) mass is 468 g/mol. The molecule has 3 aromatic rings. The van der Waals surface area contributed by atoms with Crippen LogP contribution in [0, 0.1) is 13.8 Å². The van der Waals surface area contributed by atoms with E-state index in [9.17, 15) is 13.2 Å². The van der Waals surface area contributed by atoms with Crippen LogP contribution < -0.4 is 10.0 Å². The van der Waals surface area contributed by atoms with Crippen LogP contribution in [0.4, 0.5) is 10.8 Å². The zero-order valence-electron chi connectivity index (χ0n) is 15.7. The number of halogens is 1.